The molecular formula is C13H22O2. The molecule has 1 aliphatic carbocycles. The van der Waals surface area contributed by atoms with Crippen molar-refractivity contribution in [2.75, 3.05) is 0 Å². The highest BCUT2D eigenvalue weighted by Crippen LogP contribution is 2.37. The second-order valence-corrected chi connectivity index (χ2v) is 4.67. The summed E-state index contributed by atoms with van der Waals surface area (Å²) in [7, 11) is 0. The minimum Gasteiger partial charge on any atom is -0.365 e. The van der Waals surface area contributed by atoms with Crippen LogP contribution in [0.5, 0.6) is 0 Å². The molecule has 2 unspecified atom stereocenters. The summed E-state index contributed by atoms with van der Waals surface area (Å²) in [5, 5.41) is 20.0. The third-order valence-corrected chi connectivity index (χ3v) is 3.50. The Morgan fingerprint density at radius 2 is 1.93 bits per heavy atom. The Hall–Kier alpha value is -0.520. The molecule has 0 heterocycles. The van der Waals surface area contributed by atoms with E-state index in [2.05, 4.69) is 18.8 Å². The predicted octanol–water partition coefficient (Wildman–Crippen LogP) is 2.30. The predicted molar refractivity (Wildman–Crippen MR) is 61.0 cm³/mol. The summed E-state index contributed by atoms with van der Waals surface area (Å²) >= 11 is 0. The second-order valence-electron chi connectivity index (χ2n) is 4.67. The first-order valence-electron chi connectivity index (χ1n) is 5.92. The van der Waals surface area contributed by atoms with E-state index < -0.39 is 5.79 Å². The van der Waals surface area contributed by atoms with E-state index in [1.165, 1.54) is 6.42 Å². The molecule has 0 amide bonds. The topological polar surface area (TPSA) is 40.5 Å². The molecule has 2 heteroatoms. The van der Waals surface area contributed by atoms with Gasteiger partial charge in [-0.2, -0.15) is 0 Å². The summed E-state index contributed by atoms with van der Waals surface area (Å²) in [6.07, 6.45) is 5.36. The van der Waals surface area contributed by atoms with Gasteiger partial charge in [-0.3, -0.25) is 0 Å². The molecule has 0 saturated heterocycles. The molecule has 1 saturated carbocycles. The van der Waals surface area contributed by atoms with Crippen molar-refractivity contribution < 1.29 is 10.2 Å². The van der Waals surface area contributed by atoms with Crippen LogP contribution in [-0.4, -0.2) is 16.0 Å². The molecule has 15 heavy (non-hydrogen) atoms. The molecule has 2 atom stereocenters. The lowest BCUT2D eigenvalue weighted by Gasteiger charge is -2.38. The van der Waals surface area contributed by atoms with Crippen molar-refractivity contribution in [2.45, 2.75) is 58.2 Å². The van der Waals surface area contributed by atoms with Crippen LogP contribution in [0.1, 0.15) is 52.4 Å². The van der Waals surface area contributed by atoms with Crippen LogP contribution in [0.25, 0.3) is 0 Å². The molecule has 0 aromatic rings. The molecule has 1 fully saturated rings. The van der Waals surface area contributed by atoms with Crippen molar-refractivity contribution in [3.8, 4) is 11.8 Å². The zero-order valence-electron chi connectivity index (χ0n) is 9.79. The number of rotatable bonds is 3. The lowest BCUT2D eigenvalue weighted by atomic mass is 9.74. The zero-order chi connectivity index (χ0) is 11.3. The smallest absolute Gasteiger partial charge is 0.166 e. The molecule has 0 spiro atoms. The first-order chi connectivity index (χ1) is 7.08. The van der Waals surface area contributed by atoms with Gasteiger partial charge in [0.1, 0.15) is 0 Å². The van der Waals surface area contributed by atoms with Gasteiger partial charge in [-0.05, 0) is 19.3 Å². The maximum Gasteiger partial charge on any atom is 0.166 e. The molecule has 2 N–H and O–H groups in total. The Bertz CT molecular complexity index is 247. The van der Waals surface area contributed by atoms with Crippen molar-refractivity contribution in [1.29, 1.82) is 0 Å². The van der Waals surface area contributed by atoms with Gasteiger partial charge in [-0.15, -0.1) is 11.8 Å². The van der Waals surface area contributed by atoms with Gasteiger partial charge in [0, 0.05) is 18.8 Å². The summed E-state index contributed by atoms with van der Waals surface area (Å²) in [5.74, 6) is 4.61. The van der Waals surface area contributed by atoms with E-state index in [1.54, 1.807) is 6.92 Å². The Morgan fingerprint density at radius 3 is 2.53 bits per heavy atom. The zero-order valence-corrected chi connectivity index (χ0v) is 9.79. The highest BCUT2D eigenvalue weighted by atomic mass is 16.5. The van der Waals surface area contributed by atoms with Gasteiger partial charge in [0.25, 0.3) is 0 Å². The van der Waals surface area contributed by atoms with Gasteiger partial charge < -0.3 is 10.2 Å². The van der Waals surface area contributed by atoms with Gasteiger partial charge in [0.15, 0.2) is 5.79 Å². The van der Waals surface area contributed by atoms with Gasteiger partial charge in [0.05, 0.1) is 0 Å². The van der Waals surface area contributed by atoms with E-state index in [9.17, 15) is 10.2 Å². The van der Waals surface area contributed by atoms with E-state index in [1.807, 2.05) is 0 Å². The first-order valence-corrected chi connectivity index (χ1v) is 5.92. The van der Waals surface area contributed by atoms with Gasteiger partial charge in [-0.25, -0.2) is 0 Å². The fourth-order valence-corrected chi connectivity index (χ4v) is 2.56. The van der Waals surface area contributed by atoms with Crippen LogP contribution >= 0.6 is 0 Å². The second kappa shape index (κ2) is 5.53. The summed E-state index contributed by atoms with van der Waals surface area (Å²) < 4.78 is 0. The maximum absolute atomic E-state index is 10.0. The highest BCUT2D eigenvalue weighted by molar-refractivity contribution is 4.96. The minimum atomic E-state index is -1.51. The van der Waals surface area contributed by atoms with Crippen LogP contribution in [-0.2, 0) is 0 Å². The maximum atomic E-state index is 10.0. The Morgan fingerprint density at radius 1 is 1.27 bits per heavy atom. The summed E-state index contributed by atoms with van der Waals surface area (Å²) in [6, 6.07) is 0. The lowest BCUT2D eigenvalue weighted by molar-refractivity contribution is -0.220. The fraction of sp³-hybridized carbons (Fsp3) is 0.846. The van der Waals surface area contributed by atoms with E-state index in [-0.39, 0.29) is 5.92 Å². The van der Waals surface area contributed by atoms with Gasteiger partial charge >= 0.3 is 0 Å². The number of aliphatic hydroxyl groups is 2. The van der Waals surface area contributed by atoms with E-state index in [0.29, 0.717) is 18.8 Å². The van der Waals surface area contributed by atoms with E-state index in [4.69, 9.17) is 0 Å². The molecule has 2 nitrogen and oxygen atoms in total. The minimum absolute atomic E-state index is 0.0323. The molecule has 0 aromatic heterocycles. The highest BCUT2D eigenvalue weighted by Gasteiger charge is 2.38. The quantitative estimate of drug-likeness (QED) is 0.554. The third kappa shape index (κ3) is 3.52. The van der Waals surface area contributed by atoms with Gasteiger partial charge in [0.2, 0.25) is 0 Å². The van der Waals surface area contributed by atoms with Crippen LogP contribution in [0.2, 0.25) is 0 Å². The standard InChI is InChI=1S/C13H22O2/c1-3-4-7-10-13(14,15)12-9-6-5-8-11(12)2/h11-12,14-15H,5-10H2,1-2H3. The van der Waals surface area contributed by atoms with Gasteiger partial charge in [-0.1, -0.05) is 26.2 Å². The molecule has 1 aliphatic rings. The number of hydrogen-bond acceptors (Lipinski definition) is 2. The molecule has 0 radical (unpaired) electrons. The molecule has 1 rings (SSSR count). The van der Waals surface area contributed by atoms with Crippen molar-refractivity contribution in [3.63, 3.8) is 0 Å². The van der Waals surface area contributed by atoms with Crippen LogP contribution in [0, 0.1) is 23.7 Å². The Kier molecular flexibility index (Phi) is 4.63. The largest absolute Gasteiger partial charge is 0.365 e. The lowest BCUT2D eigenvalue weighted by Crippen LogP contribution is -2.42. The monoisotopic (exact) mass is 210 g/mol. The molecule has 86 valence electrons. The van der Waals surface area contributed by atoms with Crippen molar-refractivity contribution >= 4 is 0 Å². The average Bonchev–Trinajstić information content (AvgIpc) is 2.18. The van der Waals surface area contributed by atoms with Crippen LogP contribution in [0.15, 0.2) is 0 Å². The summed E-state index contributed by atoms with van der Waals surface area (Å²) in [4.78, 5) is 0. The molecule has 0 aromatic carbocycles. The average molecular weight is 210 g/mol. The van der Waals surface area contributed by atoms with Crippen LogP contribution in [0.3, 0.4) is 0 Å². The summed E-state index contributed by atoms with van der Waals surface area (Å²) in [6.45, 7) is 3.90. The molecular weight excluding hydrogens is 188 g/mol. The SMILES string of the molecule is CC#CCCC(O)(O)C1CCCCC1C. The van der Waals surface area contributed by atoms with Crippen molar-refractivity contribution in [1.82, 2.24) is 0 Å². The number of hydrogen-bond donors (Lipinski definition) is 2. The van der Waals surface area contributed by atoms with E-state index in [0.717, 1.165) is 19.3 Å². The normalized spacial score (nSPS) is 26.9. The van der Waals surface area contributed by atoms with Crippen LogP contribution < -0.4 is 0 Å². The fourth-order valence-electron chi connectivity index (χ4n) is 2.56. The molecule has 0 aliphatic heterocycles. The Labute approximate surface area is 92.7 Å². The molecule has 0 bridgehead atoms. The van der Waals surface area contributed by atoms with Crippen molar-refractivity contribution in [3.05, 3.63) is 0 Å². The van der Waals surface area contributed by atoms with Crippen LogP contribution in [0.4, 0.5) is 0 Å². The first kappa shape index (κ1) is 12.5. The van der Waals surface area contributed by atoms with E-state index >= 15 is 0 Å². The van der Waals surface area contributed by atoms with Crippen molar-refractivity contribution in [2.24, 2.45) is 11.8 Å². The summed E-state index contributed by atoms with van der Waals surface area (Å²) in [5.41, 5.74) is 0. The third-order valence-electron chi connectivity index (χ3n) is 3.50. The Balaban J connectivity index is 2.52.